The monoisotopic (exact) mass is 269 g/mol. The third-order valence-electron chi connectivity index (χ3n) is 3.02. The molecule has 0 radical (unpaired) electrons. The molecule has 6 heteroatoms. The Labute approximate surface area is 111 Å². The van der Waals surface area contributed by atoms with Crippen molar-refractivity contribution in [3.63, 3.8) is 0 Å². The van der Waals surface area contributed by atoms with Crippen LogP contribution in [0.5, 0.6) is 0 Å². The van der Waals surface area contributed by atoms with Gasteiger partial charge in [-0.1, -0.05) is 0 Å². The number of hydrogen-bond acceptors (Lipinski definition) is 6. The number of nitrogens with zero attached hydrogens (tertiary/aromatic N) is 2. The number of methoxy groups -OCH3 is 1. The predicted molar refractivity (Wildman–Crippen MR) is 72.3 cm³/mol. The third kappa shape index (κ3) is 3.20. The van der Waals surface area contributed by atoms with Gasteiger partial charge in [-0.2, -0.15) is 0 Å². The largest absolute Gasteiger partial charge is 0.469 e. The number of carbonyl (C=O) groups is 1. The van der Waals surface area contributed by atoms with E-state index >= 15 is 0 Å². The summed E-state index contributed by atoms with van der Waals surface area (Å²) in [6.45, 7) is 6.01. The zero-order chi connectivity index (χ0) is 13.0. The summed E-state index contributed by atoms with van der Waals surface area (Å²) in [7, 11) is 1.42. The molecule has 0 bridgehead atoms. The molecule has 1 aliphatic heterocycles. The lowest BCUT2D eigenvalue weighted by Gasteiger charge is -2.18. The summed E-state index contributed by atoms with van der Waals surface area (Å²) in [4.78, 5) is 19.2. The molecule has 100 valence electrons. The van der Waals surface area contributed by atoms with Crippen molar-refractivity contribution in [1.29, 1.82) is 0 Å². The number of anilines is 1. The number of aromatic nitrogens is 1. The molecule has 2 heterocycles. The van der Waals surface area contributed by atoms with Crippen molar-refractivity contribution in [3.8, 4) is 0 Å². The van der Waals surface area contributed by atoms with Gasteiger partial charge in [0.15, 0.2) is 5.13 Å². The van der Waals surface area contributed by atoms with E-state index in [4.69, 9.17) is 4.74 Å². The van der Waals surface area contributed by atoms with Gasteiger partial charge >= 0.3 is 5.97 Å². The smallest absolute Gasteiger partial charge is 0.310 e. The molecule has 0 amide bonds. The van der Waals surface area contributed by atoms with Crippen molar-refractivity contribution in [2.75, 3.05) is 38.2 Å². The van der Waals surface area contributed by atoms with Crippen molar-refractivity contribution in [3.05, 3.63) is 10.6 Å². The second-order valence-corrected chi connectivity index (χ2v) is 5.41. The fraction of sp³-hybridized carbons (Fsp3) is 0.667. The zero-order valence-electron chi connectivity index (χ0n) is 10.9. The quantitative estimate of drug-likeness (QED) is 0.829. The molecule has 0 saturated carbocycles. The van der Waals surface area contributed by atoms with Crippen molar-refractivity contribution in [1.82, 2.24) is 10.3 Å². The van der Waals surface area contributed by atoms with E-state index in [1.54, 1.807) is 11.3 Å². The first-order chi connectivity index (χ1) is 8.70. The van der Waals surface area contributed by atoms with Crippen LogP contribution in [0, 0.1) is 6.92 Å². The Morgan fingerprint density at radius 3 is 3.11 bits per heavy atom. The topological polar surface area (TPSA) is 54.5 Å². The van der Waals surface area contributed by atoms with Gasteiger partial charge in [-0.05, 0) is 19.9 Å². The number of carbonyl (C=O) groups excluding carboxylic acids is 1. The SMILES string of the molecule is COC(=O)Cc1sc(N2CCCNCC2)nc1C. The predicted octanol–water partition coefficient (Wildman–Crippen LogP) is 0.967. The normalized spacial score (nSPS) is 16.4. The lowest BCUT2D eigenvalue weighted by atomic mass is 10.3. The third-order valence-corrected chi connectivity index (χ3v) is 4.24. The number of aryl methyl sites for hydroxylation is 1. The van der Waals surface area contributed by atoms with E-state index in [9.17, 15) is 4.79 Å². The van der Waals surface area contributed by atoms with Crippen molar-refractivity contribution >= 4 is 22.4 Å². The standard InChI is InChI=1S/C12H19N3O2S/c1-9-10(8-11(16)17-2)18-12(14-9)15-6-3-4-13-5-7-15/h13H,3-8H2,1-2H3. The van der Waals surface area contributed by atoms with Crippen LogP contribution in [0.2, 0.25) is 0 Å². The maximum Gasteiger partial charge on any atom is 0.310 e. The molecule has 5 nitrogen and oxygen atoms in total. The van der Waals surface area contributed by atoms with E-state index in [2.05, 4.69) is 15.2 Å². The average molecular weight is 269 g/mol. The summed E-state index contributed by atoms with van der Waals surface area (Å²) in [5.74, 6) is -0.203. The van der Waals surface area contributed by atoms with E-state index < -0.39 is 0 Å². The molecule has 2 rings (SSSR count). The average Bonchev–Trinajstić information content (AvgIpc) is 2.60. The van der Waals surface area contributed by atoms with Crippen molar-refractivity contribution < 1.29 is 9.53 Å². The molecule has 0 spiro atoms. The Hall–Kier alpha value is -1.14. The van der Waals surface area contributed by atoms with E-state index in [0.717, 1.165) is 48.3 Å². The number of hydrogen-bond donors (Lipinski definition) is 1. The van der Waals surface area contributed by atoms with Gasteiger partial charge in [-0.3, -0.25) is 4.79 Å². The van der Waals surface area contributed by atoms with Gasteiger partial charge in [0, 0.05) is 24.5 Å². The molecule has 1 fully saturated rings. The van der Waals surface area contributed by atoms with Crippen molar-refractivity contribution in [2.24, 2.45) is 0 Å². The zero-order valence-corrected chi connectivity index (χ0v) is 11.7. The van der Waals surface area contributed by atoms with Gasteiger partial charge in [0.2, 0.25) is 0 Å². The lowest BCUT2D eigenvalue weighted by molar-refractivity contribution is -0.139. The fourth-order valence-electron chi connectivity index (χ4n) is 1.95. The molecular formula is C12H19N3O2S. The van der Waals surface area contributed by atoms with E-state index in [0.29, 0.717) is 6.42 Å². The summed E-state index contributed by atoms with van der Waals surface area (Å²) >= 11 is 1.61. The van der Waals surface area contributed by atoms with Crippen LogP contribution in [0.3, 0.4) is 0 Å². The summed E-state index contributed by atoms with van der Waals surface area (Å²) in [5.41, 5.74) is 0.942. The van der Waals surface area contributed by atoms with Crippen LogP contribution in [0.15, 0.2) is 0 Å². The summed E-state index contributed by atoms with van der Waals surface area (Å²) < 4.78 is 4.70. The first-order valence-corrected chi connectivity index (χ1v) is 7.01. The summed E-state index contributed by atoms with van der Waals surface area (Å²) in [6.07, 6.45) is 1.46. The highest BCUT2D eigenvalue weighted by atomic mass is 32.1. The van der Waals surface area contributed by atoms with Crippen LogP contribution >= 0.6 is 11.3 Å². The molecular weight excluding hydrogens is 250 g/mol. The second kappa shape index (κ2) is 6.15. The van der Waals surface area contributed by atoms with Gasteiger partial charge in [-0.25, -0.2) is 4.98 Å². The number of thiazole rings is 1. The number of esters is 1. The van der Waals surface area contributed by atoms with Crippen LogP contribution < -0.4 is 10.2 Å². The molecule has 18 heavy (non-hydrogen) atoms. The molecule has 0 aromatic carbocycles. The Balaban J connectivity index is 2.09. The van der Waals surface area contributed by atoms with Gasteiger partial charge in [0.05, 0.1) is 19.2 Å². The Morgan fingerprint density at radius 1 is 1.50 bits per heavy atom. The molecule has 1 aromatic heterocycles. The Bertz CT molecular complexity index is 411. The first-order valence-electron chi connectivity index (χ1n) is 6.19. The highest BCUT2D eigenvalue weighted by Gasteiger charge is 2.17. The fourth-order valence-corrected chi connectivity index (χ4v) is 3.05. The maximum absolute atomic E-state index is 11.3. The minimum Gasteiger partial charge on any atom is -0.469 e. The number of rotatable bonds is 3. The highest BCUT2D eigenvalue weighted by molar-refractivity contribution is 7.15. The number of nitrogens with one attached hydrogen (secondary N) is 1. The molecule has 1 saturated heterocycles. The maximum atomic E-state index is 11.3. The number of ether oxygens (including phenoxy) is 1. The minimum absolute atomic E-state index is 0.203. The van der Waals surface area contributed by atoms with Gasteiger partial charge < -0.3 is 15.0 Å². The Morgan fingerprint density at radius 2 is 2.33 bits per heavy atom. The summed E-state index contributed by atoms with van der Waals surface area (Å²) in [6, 6.07) is 0. The Kier molecular flexibility index (Phi) is 4.54. The molecule has 1 aromatic rings. The highest BCUT2D eigenvalue weighted by Crippen LogP contribution is 2.27. The van der Waals surface area contributed by atoms with Crippen LogP contribution in [0.4, 0.5) is 5.13 Å². The van der Waals surface area contributed by atoms with Crippen LogP contribution in [-0.4, -0.2) is 44.2 Å². The van der Waals surface area contributed by atoms with E-state index in [1.165, 1.54) is 7.11 Å². The minimum atomic E-state index is -0.203. The molecule has 0 atom stereocenters. The molecule has 1 N–H and O–H groups in total. The van der Waals surface area contributed by atoms with Gasteiger partial charge in [0.1, 0.15) is 0 Å². The second-order valence-electron chi connectivity index (χ2n) is 4.35. The molecule has 0 unspecified atom stereocenters. The first kappa shape index (κ1) is 13.3. The van der Waals surface area contributed by atoms with E-state index in [-0.39, 0.29) is 5.97 Å². The molecule has 0 aliphatic carbocycles. The van der Waals surface area contributed by atoms with Crippen LogP contribution in [0.1, 0.15) is 17.0 Å². The summed E-state index contributed by atoms with van der Waals surface area (Å²) in [5, 5.41) is 4.39. The van der Waals surface area contributed by atoms with Crippen LogP contribution in [0.25, 0.3) is 0 Å². The van der Waals surface area contributed by atoms with Crippen molar-refractivity contribution in [2.45, 2.75) is 19.8 Å². The molecule has 1 aliphatic rings. The van der Waals surface area contributed by atoms with Gasteiger partial charge in [0.25, 0.3) is 0 Å². The lowest BCUT2D eigenvalue weighted by Crippen LogP contribution is -2.27. The van der Waals surface area contributed by atoms with Gasteiger partial charge in [-0.15, -0.1) is 11.3 Å². The van der Waals surface area contributed by atoms with E-state index in [1.807, 2.05) is 6.92 Å². The van der Waals surface area contributed by atoms with Crippen LogP contribution in [-0.2, 0) is 16.0 Å².